The van der Waals surface area contributed by atoms with Crippen molar-refractivity contribution in [3.8, 4) is 11.8 Å². The van der Waals surface area contributed by atoms with Crippen molar-refractivity contribution in [1.29, 1.82) is 0 Å². The van der Waals surface area contributed by atoms with Crippen LogP contribution in [0.3, 0.4) is 0 Å². The van der Waals surface area contributed by atoms with E-state index in [0.717, 1.165) is 24.2 Å². The molecule has 0 saturated heterocycles. The maximum absolute atomic E-state index is 12.8. The highest BCUT2D eigenvalue weighted by Gasteiger charge is 2.19. The van der Waals surface area contributed by atoms with Gasteiger partial charge in [0.1, 0.15) is 16.9 Å². The van der Waals surface area contributed by atoms with Gasteiger partial charge in [-0.3, -0.25) is 9.69 Å². The number of nitrogens with zero attached hydrogens (tertiary/aromatic N) is 2. The van der Waals surface area contributed by atoms with Crippen molar-refractivity contribution in [1.82, 2.24) is 9.88 Å². The maximum Gasteiger partial charge on any atom is 0.273 e. The second kappa shape index (κ2) is 8.55. The number of carbonyl (C=O) groups is 1. The van der Waals surface area contributed by atoms with E-state index in [1.54, 1.807) is 29.8 Å². The molecule has 1 aromatic heterocycles. The predicted octanol–water partition coefficient (Wildman–Crippen LogP) is 4.99. The third-order valence-electron chi connectivity index (χ3n) is 4.26. The van der Waals surface area contributed by atoms with Gasteiger partial charge in [0.25, 0.3) is 5.91 Å². The van der Waals surface area contributed by atoms with Crippen molar-refractivity contribution in [2.45, 2.75) is 19.3 Å². The molecule has 5 heteroatoms. The summed E-state index contributed by atoms with van der Waals surface area (Å²) in [6, 6.07) is 9.71. The summed E-state index contributed by atoms with van der Waals surface area (Å²) in [6.07, 6.45) is 15.6. The van der Waals surface area contributed by atoms with Gasteiger partial charge in [-0.2, -0.15) is 0 Å². The summed E-state index contributed by atoms with van der Waals surface area (Å²) >= 11 is 1.29. The first-order chi connectivity index (χ1) is 13.8. The van der Waals surface area contributed by atoms with Crippen LogP contribution < -0.4 is 0 Å². The highest BCUT2D eigenvalue weighted by atomic mass is 32.1. The molecule has 0 spiro atoms. The second-order valence-corrected chi connectivity index (χ2v) is 7.36. The topological polar surface area (TPSA) is 42.4 Å². The van der Waals surface area contributed by atoms with Crippen LogP contribution in [-0.4, -0.2) is 15.8 Å². The van der Waals surface area contributed by atoms with Crippen molar-refractivity contribution in [3.63, 3.8) is 0 Å². The Hall–Kier alpha value is -3.36. The van der Waals surface area contributed by atoms with Crippen molar-refractivity contribution in [2.24, 2.45) is 0 Å². The molecule has 1 aliphatic heterocycles. The molecule has 138 valence electrons. The van der Waals surface area contributed by atoms with Crippen LogP contribution in [0.25, 0.3) is 0 Å². The van der Waals surface area contributed by atoms with Crippen LogP contribution in [0, 0.1) is 11.8 Å². The van der Waals surface area contributed by atoms with Gasteiger partial charge in [-0.15, -0.1) is 11.3 Å². The van der Waals surface area contributed by atoms with Crippen LogP contribution in [0.4, 0.5) is 0 Å². The Kier molecular flexibility index (Phi) is 5.51. The number of amides is 1. The molecule has 0 fully saturated rings. The highest BCUT2D eigenvalue weighted by molar-refractivity contribution is 7.14. The minimum Gasteiger partial charge on any atom is -0.466 e. The van der Waals surface area contributed by atoms with Crippen LogP contribution in [-0.2, 0) is 4.74 Å². The van der Waals surface area contributed by atoms with Gasteiger partial charge in [0.15, 0.2) is 5.01 Å². The molecule has 4 nitrogen and oxygen atoms in total. The SMILES string of the molecule is O=C(c1cnc(C#Cc2ccccc2)s1)N1C=COC(CC2=CC=CCC2)=C1. The fourth-order valence-corrected chi connectivity index (χ4v) is 3.57. The van der Waals surface area contributed by atoms with E-state index in [1.165, 1.54) is 16.9 Å². The van der Waals surface area contributed by atoms with Gasteiger partial charge in [0, 0.05) is 18.2 Å². The molecule has 2 aliphatic rings. The Bertz CT molecular complexity index is 1050. The molecule has 28 heavy (non-hydrogen) atoms. The molecule has 1 aliphatic carbocycles. The number of thiazole rings is 1. The lowest BCUT2D eigenvalue weighted by atomic mass is 10.0. The summed E-state index contributed by atoms with van der Waals surface area (Å²) in [5.41, 5.74) is 2.22. The van der Waals surface area contributed by atoms with Crippen molar-refractivity contribution in [3.05, 3.63) is 100 Å². The zero-order valence-electron chi connectivity index (χ0n) is 15.2. The van der Waals surface area contributed by atoms with Crippen molar-refractivity contribution >= 4 is 17.2 Å². The van der Waals surface area contributed by atoms with E-state index in [0.29, 0.717) is 16.3 Å². The largest absolute Gasteiger partial charge is 0.466 e. The molecule has 0 unspecified atom stereocenters. The van der Waals surface area contributed by atoms with E-state index in [2.05, 4.69) is 35.1 Å². The Morgan fingerprint density at radius 1 is 1.25 bits per heavy atom. The molecule has 2 heterocycles. The van der Waals surface area contributed by atoms with Crippen molar-refractivity contribution in [2.75, 3.05) is 0 Å². The number of ether oxygens (including phenoxy) is 1. The van der Waals surface area contributed by atoms with Gasteiger partial charge in [0.2, 0.25) is 0 Å². The first-order valence-electron chi connectivity index (χ1n) is 9.02. The zero-order valence-corrected chi connectivity index (χ0v) is 16.0. The summed E-state index contributed by atoms with van der Waals surface area (Å²) in [4.78, 5) is 19.1. The highest BCUT2D eigenvalue weighted by Crippen LogP contribution is 2.24. The van der Waals surface area contributed by atoms with Crippen LogP contribution in [0.1, 0.15) is 39.5 Å². The zero-order chi connectivity index (χ0) is 19.2. The van der Waals surface area contributed by atoms with Gasteiger partial charge in [0.05, 0.1) is 12.4 Å². The molecular weight excluding hydrogens is 368 g/mol. The van der Waals surface area contributed by atoms with Crippen LogP contribution in [0.15, 0.2) is 84.8 Å². The lowest BCUT2D eigenvalue weighted by molar-refractivity contribution is 0.0858. The first kappa shape index (κ1) is 18.0. The van der Waals surface area contributed by atoms with Crippen molar-refractivity contribution < 1.29 is 9.53 Å². The maximum atomic E-state index is 12.8. The van der Waals surface area contributed by atoms with Gasteiger partial charge in [-0.25, -0.2) is 4.98 Å². The summed E-state index contributed by atoms with van der Waals surface area (Å²) in [6.45, 7) is 0. The first-order valence-corrected chi connectivity index (χ1v) is 9.84. The summed E-state index contributed by atoms with van der Waals surface area (Å²) in [5, 5.41) is 0.618. The predicted molar refractivity (Wildman–Crippen MR) is 110 cm³/mol. The number of allylic oxidation sites excluding steroid dienone is 4. The quantitative estimate of drug-likeness (QED) is 0.698. The lowest BCUT2D eigenvalue weighted by Gasteiger charge is -2.20. The van der Waals surface area contributed by atoms with Crippen LogP contribution in [0.2, 0.25) is 0 Å². The number of carbonyl (C=O) groups excluding carboxylic acids is 1. The number of rotatable bonds is 3. The van der Waals surface area contributed by atoms with E-state index >= 15 is 0 Å². The smallest absolute Gasteiger partial charge is 0.273 e. The molecule has 1 amide bonds. The summed E-state index contributed by atoms with van der Waals surface area (Å²) < 4.78 is 5.58. The Labute approximate surface area is 168 Å². The van der Waals surface area contributed by atoms with E-state index in [1.807, 2.05) is 30.3 Å². The molecule has 0 N–H and O–H groups in total. The average Bonchev–Trinajstić information content (AvgIpc) is 3.22. The summed E-state index contributed by atoms with van der Waals surface area (Å²) in [5.74, 6) is 6.69. The number of hydrogen-bond acceptors (Lipinski definition) is 4. The number of hydrogen-bond donors (Lipinski definition) is 0. The lowest BCUT2D eigenvalue weighted by Crippen LogP contribution is -2.22. The molecule has 0 bridgehead atoms. The van der Waals surface area contributed by atoms with Gasteiger partial charge in [-0.1, -0.05) is 47.9 Å². The third kappa shape index (κ3) is 4.48. The number of benzene rings is 1. The second-order valence-electron chi connectivity index (χ2n) is 6.33. The van der Waals surface area contributed by atoms with E-state index in [9.17, 15) is 4.79 Å². The van der Waals surface area contributed by atoms with Gasteiger partial charge < -0.3 is 4.74 Å². The fourth-order valence-electron chi connectivity index (χ4n) is 2.85. The minimum atomic E-state index is -0.139. The van der Waals surface area contributed by atoms with Crippen LogP contribution >= 0.6 is 11.3 Å². The molecule has 2 aromatic rings. The molecule has 0 atom stereocenters. The number of aromatic nitrogens is 1. The van der Waals surface area contributed by atoms with E-state index in [-0.39, 0.29) is 5.91 Å². The molecular formula is C23H18N2O2S. The average molecular weight is 386 g/mol. The molecule has 0 radical (unpaired) electrons. The van der Waals surface area contributed by atoms with E-state index in [4.69, 9.17) is 4.74 Å². The third-order valence-corrected chi connectivity index (χ3v) is 5.16. The molecule has 4 rings (SSSR count). The molecule has 0 saturated carbocycles. The van der Waals surface area contributed by atoms with E-state index < -0.39 is 0 Å². The summed E-state index contributed by atoms with van der Waals surface area (Å²) in [7, 11) is 0. The minimum absolute atomic E-state index is 0.139. The standard InChI is InChI=1S/C23H18N2O2S/c26-23(21-16-24-22(28-21)12-11-18-7-3-1-4-8-18)25-13-14-27-20(17-25)15-19-9-5-2-6-10-19/h1-5,7-9,13-14,16-17H,6,10,15H2. The molecule has 1 aromatic carbocycles. The Balaban J connectivity index is 1.45. The fraction of sp³-hybridized carbons (Fsp3) is 0.130. The monoisotopic (exact) mass is 386 g/mol. The normalized spacial score (nSPS) is 15.2. The van der Waals surface area contributed by atoms with Gasteiger partial charge >= 0.3 is 0 Å². The van der Waals surface area contributed by atoms with Gasteiger partial charge in [-0.05, 0) is 30.9 Å². The Morgan fingerprint density at radius 2 is 2.14 bits per heavy atom. The Morgan fingerprint density at radius 3 is 2.96 bits per heavy atom. The van der Waals surface area contributed by atoms with Crippen LogP contribution in [0.5, 0.6) is 0 Å².